The Hall–Kier alpha value is -1.96. The molecular formula is C19H25Cl2N5O2. The molecule has 1 aliphatic heterocycles. The Morgan fingerprint density at radius 1 is 1.25 bits per heavy atom. The largest absolute Gasteiger partial charge is 0.492 e. The lowest BCUT2D eigenvalue weighted by Crippen LogP contribution is -2.52. The first-order chi connectivity index (χ1) is 13.7. The molecule has 0 amide bonds. The molecule has 1 saturated heterocycles. The molecule has 152 valence electrons. The Morgan fingerprint density at radius 2 is 2.07 bits per heavy atom. The van der Waals surface area contributed by atoms with E-state index in [1.165, 1.54) is 0 Å². The van der Waals surface area contributed by atoms with Crippen molar-refractivity contribution in [1.29, 1.82) is 0 Å². The zero-order chi connectivity index (χ0) is 19.8. The number of aliphatic imine (C=N–C) groups is 1. The summed E-state index contributed by atoms with van der Waals surface area (Å²) in [5.41, 5.74) is 0.969. The lowest BCUT2D eigenvalue weighted by Gasteiger charge is -2.36. The van der Waals surface area contributed by atoms with Gasteiger partial charge in [0.25, 0.3) is 0 Å². The number of nitrogens with zero attached hydrogens (tertiary/aromatic N) is 4. The number of benzene rings is 1. The molecule has 1 fully saturated rings. The van der Waals surface area contributed by atoms with Crippen molar-refractivity contribution < 1.29 is 9.26 Å². The molecule has 1 aromatic carbocycles. The molecule has 1 aromatic heterocycles. The quantitative estimate of drug-likeness (QED) is 0.417. The number of aromatic nitrogens is 1. The van der Waals surface area contributed by atoms with Crippen molar-refractivity contribution in [3.63, 3.8) is 0 Å². The van der Waals surface area contributed by atoms with E-state index in [4.69, 9.17) is 32.5 Å². The number of ether oxygens (including phenoxy) is 1. The second kappa shape index (κ2) is 10.5. The fourth-order valence-corrected chi connectivity index (χ4v) is 3.51. The van der Waals surface area contributed by atoms with Gasteiger partial charge in [0.15, 0.2) is 5.96 Å². The Morgan fingerprint density at radius 3 is 2.75 bits per heavy atom. The van der Waals surface area contributed by atoms with Gasteiger partial charge in [-0.05, 0) is 24.6 Å². The zero-order valence-corrected chi connectivity index (χ0v) is 17.4. The number of halogens is 2. The van der Waals surface area contributed by atoms with Crippen LogP contribution in [-0.4, -0.2) is 67.3 Å². The summed E-state index contributed by atoms with van der Waals surface area (Å²) in [5, 5.41) is 8.51. The normalized spacial score (nSPS) is 15.7. The van der Waals surface area contributed by atoms with Gasteiger partial charge in [-0.2, -0.15) is 0 Å². The van der Waals surface area contributed by atoms with Crippen molar-refractivity contribution in [2.75, 3.05) is 46.4 Å². The molecule has 1 aliphatic rings. The summed E-state index contributed by atoms with van der Waals surface area (Å²) in [6.07, 6.45) is 2.45. The molecule has 9 heteroatoms. The Labute approximate surface area is 175 Å². The van der Waals surface area contributed by atoms with E-state index in [1.807, 2.05) is 13.1 Å². The smallest absolute Gasteiger partial charge is 0.193 e. The lowest BCUT2D eigenvalue weighted by molar-refractivity contribution is 0.169. The highest BCUT2D eigenvalue weighted by Gasteiger charge is 2.20. The van der Waals surface area contributed by atoms with Gasteiger partial charge in [-0.3, -0.25) is 9.89 Å². The molecule has 3 rings (SSSR count). The molecular weight excluding hydrogens is 401 g/mol. The van der Waals surface area contributed by atoms with Gasteiger partial charge in [0.05, 0.1) is 17.3 Å². The van der Waals surface area contributed by atoms with E-state index >= 15 is 0 Å². The first-order valence-corrected chi connectivity index (χ1v) is 10.1. The predicted molar refractivity (Wildman–Crippen MR) is 111 cm³/mol. The van der Waals surface area contributed by atoms with Crippen molar-refractivity contribution >= 4 is 29.2 Å². The van der Waals surface area contributed by atoms with E-state index in [0.717, 1.165) is 57.3 Å². The molecule has 0 bridgehead atoms. The van der Waals surface area contributed by atoms with Crippen LogP contribution in [0, 0.1) is 0 Å². The Kier molecular flexibility index (Phi) is 7.82. The standard InChI is InChI=1S/C19H25Cl2N5O2/c1-22-19(23-6-2-11-27-18-4-3-15(20)13-17(18)21)26-9-7-25(8-10-26)14-16-5-12-28-24-16/h3-5,12-13H,2,6-11,14H2,1H3,(H,22,23). The molecule has 7 nitrogen and oxygen atoms in total. The molecule has 0 aliphatic carbocycles. The van der Waals surface area contributed by atoms with Crippen LogP contribution in [0.3, 0.4) is 0 Å². The molecule has 0 radical (unpaired) electrons. The molecule has 0 saturated carbocycles. The van der Waals surface area contributed by atoms with Gasteiger partial charge in [-0.15, -0.1) is 0 Å². The van der Waals surface area contributed by atoms with Crippen molar-refractivity contribution in [1.82, 2.24) is 20.3 Å². The van der Waals surface area contributed by atoms with Crippen LogP contribution in [0.4, 0.5) is 0 Å². The van der Waals surface area contributed by atoms with Gasteiger partial charge in [0.2, 0.25) is 0 Å². The van der Waals surface area contributed by atoms with Crippen LogP contribution in [0.15, 0.2) is 40.0 Å². The minimum absolute atomic E-state index is 0.528. The molecule has 2 aromatic rings. The summed E-state index contributed by atoms with van der Waals surface area (Å²) in [7, 11) is 1.81. The van der Waals surface area contributed by atoms with E-state index in [-0.39, 0.29) is 0 Å². The van der Waals surface area contributed by atoms with Crippen LogP contribution >= 0.6 is 23.2 Å². The monoisotopic (exact) mass is 425 g/mol. The van der Waals surface area contributed by atoms with E-state index < -0.39 is 0 Å². The summed E-state index contributed by atoms with van der Waals surface area (Å²) >= 11 is 12.0. The summed E-state index contributed by atoms with van der Waals surface area (Å²) in [5.74, 6) is 1.57. The van der Waals surface area contributed by atoms with Crippen molar-refractivity contribution in [2.24, 2.45) is 4.99 Å². The first kappa shape index (κ1) is 20.8. The van der Waals surface area contributed by atoms with Crippen LogP contribution < -0.4 is 10.1 Å². The van der Waals surface area contributed by atoms with Gasteiger partial charge in [0, 0.05) is 57.4 Å². The highest BCUT2D eigenvalue weighted by Crippen LogP contribution is 2.27. The van der Waals surface area contributed by atoms with E-state index in [2.05, 4.69) is 25.3 Å². The second-order valence-corrected chi connectivity index (χ2v) is 7.35. The maximum absolute atomic E-state index is 6.11. The SMILES string of the molecule is CN=C(NCCCOc1ccc(Cl)cc1Cl)N1CCN(Cc2ccon2)CC1. The lowest BCUT2D eigenvalue weighted by atomic mass is 10.3. The van der Waals surface area contributed by atoms with Gasteiger partial charge in [0.1, 0.15) is 12.0 Å². The topological polar surface area (TPSA) is 66.1 Å². The van der Waals surface area contributed by atoms with E-state index in [0.29, 0.717) is 22.4 Å². The number of nitrogens with one attached hydrogen (secondary N) is 1. The van der Waals surface area contributed by atoms with Crippen LogP contribution in [-0.2, 0) is 6.54 Å². The zero-order valence-electron chi connectivity index (χ0n) is 15.9. The molecule has 0 unspecified atom stereocenters. The van der Waals surface area contributed by atoms with Gasteiger partial charge >= 0.3 is 0 Å². The first-order valence-electron chi connectivity index (χ1n) is 9.31. The number of hydrogen-bond donors (Lipinski definition) is 1. The predicted octanol–water partition coefficient (Wildman–Crippen LogP) is 3.14. The van der Waals surface area contributed by atoms with Crippen LogP contribution in [0.25, 0.3) is 0 Å². The van der Waals surface area contributed by atoms with Gasteiger partial charge in [-0.25, -0.2) is 0 Å². The van der Waals surface area contributed by atoms with E-state index in [9.17, 15) is 0 Å². The third kappa shape index (κ3) is 6.02. The highest BCUT2D eigenvalue weighted by molar-refractivity contribution is 6.35. The Balaban J connectivity index is 1.34. The van der Waals surface area contributed by atoms with Crippen molar-refractivity contribution in [3.05, 3.63) is 46.3 Å². The minimum atomic E-state index is 0.528. The number of guanidine groups is 1. The minimum Gasteiger partial charge on any atom is -0.492 e. The molecule has 2 heterocycles. The number of piperazine rings is 1. The van der Waals surface area contributed by atoms with Crippen LogP contribution in [0.2, 0.25) is 10.0 Å². The average molecular weight is 426 g/mol. The summed E-state index contributed by atoms with van der Waals surface area (Å²) in [6, 6.07) is 7.15. The summed E-state index contributed by atoms with van der Waals surface area (Å²) < 4.78 is 10.6. The maximum atomic E-state index is 6.11. The van der Waals surface area contributed by atoms with Crippen LogP contribution in [0.5, 0.6) is 5.75 Å². The number of rotatable bonds is 7. The second-order valence-electron chi connectivity index (χ2n) is 6.50. The van der Waals surface area contributed by atoms with Gasteiger partial charge < -0.3 is 19.5 Å². The fourth-order valence-electron chi connectivity index (χ4n) is 3.05. The molecule has 28 heavy (non-hydrogen) atoms. The maximum Gasteiger partial charge on any atom is 0.193 e. The molecule has 0 spiro atoms. The van der Waals surface area contributed by atoms with Crippen molar-refractivity contribution in [2.45, 2.75) is 13.0 Å². The number of hydrogen-bond acceptors (Lipinski definition) is 5. The average Bonchev–Trinajstić information content (AvgIpc) is 3.20. The van der Waals surface area contributed by atoms with Gasteiger partial charge in [-0.1, -0.05) is 28.4 Å². The fraction of sp³-hybridized carbons (Fsp3) is 0.474. The summed E-state index contributed by atoms with van der Waals surface area (Å²) in [4.78, 5) is 9.04. The van der Waals surface area contributed by atoms with E-state index in [1.54, 1.807) is 24.5 Å². The van der Waals surface area contributed by atoms with Crippen LogP contribution in [0.1, 0.15) is 12.1 Å². The Bertz CT molecular complexity index is 762. The molecule has 1 N–H and O–H groups in total. The highest BCUT2D eigenvalue weighted by atomic mass is 35.5. The van der Waals surface area contributed by atoms with Crippen molar-refractivity contribution in [3.8, 4) is 5.75 Å². The summed E-state index contributed by atoms with van der Waals surface area (Å²) in [6.45, 7) is 5.94. The third-order valence-electron chi connectivity index (χ3n) is 4.52. The molecule has 0 atom stereocenters. The third-order valence-corrected chi connectivity index (χ3v) is 5.05.